The van der Waals surface area contributed by atoms with E-state index in [4.69, 9.17) is 4.74 Å². The molecule has 3 aromatic heterocycles. The van der Waals surface area contributed by atoms with E-state index in [1.165, 1.54) is 11.3 Å². The van der Waals surface area contributed by atoms with Gasteiger partial charge in [0.15, 0.2) is 0 Å². The standard InChI is InChI=1S/C20H21N3O3S2/c1-2-26-19(25)7-9-23(13-15-5-3-8-21-12-15)18(24)11-16-14-28-20(22-16)17-6-4-10-27-17/h3-6,8,10,12,14H,2,7,9,11,13H2,1H3. The first-order chi connectivity index (χ1) is 13.7. The van der Waals surface area contributed by atoms with Crippen LogP contribution < -0.4 is 0 Å². The van der Waals surface area contributed by atoms with Gasteiger partial charge in [-0.05, 0) is 30.0 Å². The number of hydrogen-bond donors (Lipinski definition) is 0. The Balaban J connectivity index is 1.67. The maximum absolute atomic E-state index is 12.9. The lowest BCUT2D eigenvalue weighted by Crippen LogP contribution is -2.34. The van der Waals surface area contributed by atoms with Gasteiger partial charge in [-0.15, -0.1) is 22.7 Å². The van der Waals surface area contributed by atoms with E-state index in [2.05, 4.69) is 9.97 Å². The van der Waals surface area contributed by atoms with E-state index in [1.54, 1.807) is 35.6 Å². The normalized spacial score (nSPS) is 10.6. The van der Waals surface area contributed by atoms with E-state index < -0.39 is 0 Å². The molecule has 0 bridgehead atoms. The van der Waals surface area contributed by atoms with Gasteiger partial charge in [-0.2, -0.15) is 0 Å². The van der Waals surface area contributed by atoms with Crippen molar-refractivity contribution in [3.63, 3.8) is 0 Å². The van der Waals surface area contributed by atoms with Gasteiger partial charge in [-0.1, -0.05) is 12.1 Å². The van der Waals surface area contributed by atoms with E-state index in [-0.39, 0.29) is 24.7 Å². The summed E-state index contributed by atoms with van der Waals surface area (Å²) in [6.07, 6.45) is 3.78. The lowest BCUT2D eigenvalue weighted by Gasteiger charge is -2.22. The summed E-state index contributed by atoms with van der Waals surface area (Å²) in [7, 11) is 0. The first kappa shape index (κ1) is 20.2. The molecule has 3 heterocycles. The largest absolute Gasteiger partial charge is 0.466 e. The van der Waals surface area contributed by atoms with Crippen molar-refractivity contribution in [1.82, 2.24) is 14.9 Å². The third-order valence-corrected chi connectivity index (χ3v) is 5.89. The maximum atomic E-state index is 12.9. The summed E-state index contributed by atoms with van der Waals surface area (Å²) >= 11 is 3.16. The molecule has 3 rings (SSSR count). The molecule has 0 aliphatic rings. The number of pyridine rings is 1. The van der Waals surface area contributed by atoms with Crippen LogP contribution in [-0.2, 0) is 27.3 Å². The molecule has 0 N–H and O–H groups in total. The SMILES string of the molecule is CCOC(=O)CCN(Cc1cccnc1)C(=O)Cc1csc(-c2cccs2)n1. The van der Waals surface area contributed by atoms with Crippen LogP contribution in [0.15, 0.2) is 47.4 Å². The second-order valence-electron chi connectivity index (χ2n) is 6.03. The smallest absolute Gasteiger partial charge is 0.307 e. The number of nitrogens with zero attached hydrogens (tertiary/aromatic N) is 3. The Hall–Kier alpha value is -2.58. The summed E-state index contributed by atoms with van der Waals surface area (Å²) in [5.74, 6) is -0.378. The zero-order valence-corrected chi connectivity index (χ0v) is 17.2. The van der Waals surface area contributed by atoms with Crippen molar-refractivity contribution in [2.24, 2.45) is 0 Å². The highest BCUT2D eigenvalue weighted by atomic mass is 32.1. The molecule has 6 nitrogen and oxygen atoms in total. The minimum atomic E-state index is -0.305. The van der Waals surface area contributed by atoms with Crippen molar-refractivity contribution in [1.29, 1.82) is 0 Å². The van der Waals surface area contributed by atoms with E-state index in [0.29, 0.717) is 19.7 Å². The van der Waals surface area contributed by atoms with Gasteiger partial charge < -0.3 is 9.64 Å². The zero-order chi connectivity index (χ0) is 19.8. The Morgan fingerprint density at radius 1 is 1.21 bits per heavy atom. The number of esters is 1. The average molecular weight is 416 g/mol. The second-order valence-corrected chi connectivity index (χ2v) is 7.84. The maximum Gasteiger partial charge on any atom is 0.307 e. The third kappa shape index (κ3) is 5.71. The van der Waals surface area contributed by atoms with Gasteiger partial charge in [-0.3, -0.25) is 14.6 Å². The fourth-order valence-electron chi connectivity index (χ4n) is 2.63. The molecule has 1 amide bonds. The molecule has 0 spiro atoms. The molecule has 146 valence electrons. The van der Waals surface area contributed by atoms with Gasteiger partial charge in [0.05, 0.1) is 30.0 Å². The minimum Gasteiger partial charge on any atom is -0.466 e. The second kappa shape index (κ2) is 10.1. The number of carbonyl (C=O) groups is 2. The van der Waals surface area contributed by atoms with Gasteiger partial charge in [0.2, 0.25) is 5.91 Å². The van der Waals surface area contributed by atoms with Gasteiger partial charge in [0.1, 0.15) is 5.01 Å². The number of thiazole rings is 1. The van der Waals surface area contributed by atoms with Crippen LogP contribution in [0.4, 0.5) is 0 Å². The van der Waals surface area contributed by atoms with Crippen molar-refractivity contribution in [3.05, 3.63) is 58.7 Å². The molecule has 8 heteroatoms. The molecule has 0 saturated carbocycles. The minimum absolute atomic E-state index is 0.0730. The van der Waals surface area contributed by atoms with Crippen LogP contribution in [0.1, 0.15) is 24.6 Å². The number of ether oxygens (including phenoxy) is 1. The highest BCUT2D eigenvalue weighted by Gasteiger charge is 2.18. The van der Waals surface area contributed by atoms with Crippen LogP contribution in [0.5, 0.6) is 0 Å². The molecule has 28 heavy (non-hydrogen) atoms. The van der Waals surface area contributed by atoms with Crippen LogP contribution in [0.3, 0.4) is 0 Å². The van der Waals surface area contributed by atoms with Crippen LogP contribution >= 0.6 is 22.7 Å². The van der Waals surface area contributed by atoms with Crippen LogP contribution in [0.2, 0.25) is 0 Å². The average Bonchev–Trinajstić information content (AvgIpc) is 3.38. The fraction of sp³-hybridized carbons (Fsp3) is 0.300. The lowest BCUT2D eigenvalue weighted by atomic mass is 10.2. The summed E-state index contributed by atoms with van der Waals surface area (Å²) < 4.78 is 4.99. The first-order valence-corrected chi connectivity index (χ1v) is 10.7. The molecule has 3 aromatic rings. The van der Waals surface area contributed by atoms with Crippen LogP contribution in [0, 0.1) is 0 Å². The van der Waals surface area contributed by atoms with Crippen molar-refractivity contribution < 1.29 is 14.3 Å². The topological polar surface area (TPSA) is 72.4 Å². The van der Waals surface area contributed by atoms with E-state index in [9.17, 15) is 9.59 Å². The molecule has 0 aliphatic heterocycles. The summed E-state index contributed by atoms with van der Waals surface area (Å²) in [4.78, 5) is 36.1. The number of thiophene rings is 1. The van der Waals surface area contributed by atoms with Crippen LogP contribution in [0.25, 0.3) is 9.88 Å². The molecule has 0 aliphatic carbocycles. The van der Waals surface area contributed by atoms with Gasteiger partial charge >= 0.3 is 5.97 Å². The quantitative estimate of drug-likeness (QED) is 0.497. The molecule has 0 radical (unpaired) electrons. The van der Waals surface area contributed by atoms with Gasteiger partial charge in [0.25, 0.3) is 0 Å². The Morgan fingerprint density at radius 2 is 2.11 bits per heavy atom. The first-order valence-electron chi connectivity index (χ1n) is 8.96. The van der Waals surface area contributed by atoms with Crippen molar-refractivity contribution in [2.45, 2.75) is 26.3 Å². The lowest BCUT2D eigenvalue weighted by molar-refractivity contribution is -0.144. The van der Waals surface area contributed by atoms with Crippen molar-refractivity contribution in [2.75, 3.05) is 13.2 Å². The third-order valence-electron chi connectivity index (χ3n) is 3.96. The molecular formula is C20H21N3O3S2. The summed E-state index contributed by atoms with van der Waals surface area (Å²) in [6, 6.07) is 7.74. The molecular weight excluding hydrogens is 394 g/mol. The molecule has 0 unspecified atom stereocenters. The number of amides is 1. The Bertz CT molecular complexity index is 895. The monoisotopic (exact) mass is 415 g/mol. The predicted octanol–water partition coefficient (Wildman–Crippen LogP) is 3.79. The molecule has 0 aromatic carbocycles. The van der Waals surface area contributed by atoms with Crippen molar-refractivity contribution in [3.8, 4) is 9.88 Å². The molecule has 0 fully saturated rings. The van der Waals surface area contributed by atoms with Gasteiger partial charge in [0, 0.05) is 30.9 Å². The predicted molar refractivity (Wildman–Crippen MR) is 110 cm³/mol. The van der Waals surface area contributed by atoms with Gasteiger partial charge in [-0.25, -0.2) is 4.98 Å². The highest BCUT2D eigenvalue weighted by Crippen LogP contribution is 2.28. The number of rotatable bonds is 9. The summed E-state index contributed by atoms with van der Waals surface area (Å²) in [6.45, 7) is 2.80. The Morgan fingerprint density at radius 3 is 2.82 bits per heavy atom. The number of hydrogen-bond acceptors (Lipinski definition) is 7. The highest BCUT2D eigenvalue weighted by molar-refractivity contribution is 7.20. The summed E-state index contributed by atoms with van der Waals surface area (Å²) in [5.41, 5.74) is 1.66. The van der Waals surface area contributed by atoms with Crippen LogP contribution in [-0.4, -0.2) is 39.9 Å². The number of carbonyl (C=O) groups excluding carboxylic acids is 2. The van der Waals surface area contributed by atoms with E-state index in [0.717, 1.165) is 21.1 Å². The zero-order valence-electron chi connectivity index (χ0n) is 15.5. The molecule has 0 saturated heterocycles. The molecule has 0 atom stereocenters. The van der Waals surface area contributed by atoms with E-state index in [1.807, 2.05) is 35.0 Å². The van der Waals surface area contributed by atoms with Crippen molar-refractivity contribution >= 4 is 34.6 Å². The van der Waals surface area contributed by atoms with E-state index >= 15 is 0 Å². The summed E-state index contributed by atoms with van der Waals surface area (Å²) in [5, 5.41) is 4.84. The number of aromatic nitrogens is 2. The fourth-order valence-corrected chi connectivity index (χ4v) is 4.27. The Labute approximate surface area is 171 Å². The Kier molecular flexibility index (Phi) is 7.27.